The number of nitrogens with one attached hydrogen (secondary N) is 1. The predicted molar refractivity (Wildman–Crippen MR) is 118 cm³/mol. The second-order valence-corrected chi connectivity index (χ2v) is 8.11. The molecule has 7 nitrogen and oxygen atoms in total. The van der Waals surface area contributed by atoms with Gasteiger partial charge >= 0.3 is 5.97 Å². The minimum Gasteiger partial charge on any atom is -0.505 e. The lowest BCUT2D eigenvalue weighted by Crippen LogP contribution is -2.34. The number of nitrogens with zero attached hydrogens (tertiary/aromatic N) is 1. The Hall–Kier alpha value is -3.39. The Balaban J connectivity index is 2.10. The van der Waals surface area contributed by atoms with Crippen LogP contribution in [0.3, 0.4) is 0 Å². The molecule has 0 saturated carbocycles. The number of rotatable bonds is 6. The number of phenols is 1. The summed E-state index contributed by atoms with van der Waals surface area (Å²) in [6.45, 7) is 4.62. The van der Waals surface area contributed by atoms with E-state index in [1.807, 2.05) is 0 Å². The molecule has 168 valence electrons. The van der Waals surface area contributed by atoms with Gasteiger partial charge in [-0.25, -0.2) is 4.39 Å². The highest BCUT2D eigenvalue weighted by molar-refractivity contribution is 6.30. The molecular weight excluding hydrogens is 439 g/mol. The molecule has 32 heavy (non-hydrogen) atoms. The number of carbonyl (C=O) groups is 3. The van der Waals surface area contributed by atoms with E-state index in [9.17, 15) is 23.9 Å². The number of carbonyl (C=O) groups excluding carboxylic acids is 2. The van der Waals surface area contributed by atoms with Crippen LogP contribution in [0.4, 0.5) is 4.39 Å². The maximum Gasteiger partial charge on any atom is 0.308 e. The summed E-state index contributed by atoms with van der Waals surface area (Å²) in [6.07, 6.45) is 0. The lowest BCUT2D eigenvalue weighted by Gasteiger charge is -2.15. The molecule has 0 spiro atoms. The van der Waals surface area contributed by atoms with E-state index in [0.29, 0.717) is 27.2 Å². The van der Waals surface area contributed by atoms with Gasteiger partial charge in [-0.15, -0.1) is 0 Å². The van der Waals surface area contributed by atoms with Gasteiger partial charge in [0.25, 0.3) is 5.91 Å². The summed E-state index contributed by atoms with van der Waals surface area (Å²) in [6, 6.07) is 8.42. The van der Waals surface area contributed by atoms with E-state index in [2.05, 4.69) is 5.32 Å². The van der Waals surface area contributed by atoms with Crippen LogP contribution in [0.5, 0.6) is 5.75 Å². The number of aliphatic carboxylic acids is 1. The zero-order valence-corrected chi connectivity index (χ0v) is 18.4. The highest BCUT2D eigenvalue weighted by Gasteiger charge is 2.28. The number of halogens is 2. The number of hydrogen-bond acceptors (Lipinski definition) is 4. The molecule has 1 aromatic heterocycles. The van der Waals surface area contributed by atoms with Gasteiger partial charge in [-0.2, -0.15) is 0 Å². The molecule has 3 aromatic rings. The molecule has 3 N–H and O–H groups in total. The van der Waals surface area contributed by atoms with Crippen molar-refractivity contribution < 1.29 is 29.0 Å². The molecule has 9 heteroatoms. The van der Waals surface area contributed by atoms with E-state index >= 15 is 0 Å². The van der Waals surface area contributed by atoms with E-state index in [1.165, 1.54) is 29.7 Å². The first-order chi connectivity index (χ1) is 15.0. The van der Waals surface area contributed by atoms with Crippen LogP contribution in [0.25, 0.3) is 10.9 Å². The van der Waals surface area contributed by atoms with Crippen molar-refractivity contribution >= 4 is 40.3 Å². The van der Waals surface area contributed by atoms with Gasteiger partial charge in [0, 0.05) is 34.3 Å². The predicted octanol–water partition coefficient (Wildman–Crippen LogP) is 4.08. The van der Waals surface area contributed by atoms with Gasteiger partial charge in [-0.1, -0.05) is 18.5 Å². The van der Waals surface area contributed by atoms with Crippen molar-refractivity contribution in [3.63, 3.8) is 0 Å². The average Bonchev–Trinajstić information content (AvgIpc) is 3.02. The normalized spacial score (nSPS) is 13.0. The summed E-state index contributed by atoms with van der Waals surface area (Å²) >= 11 is 5.90. The molecule has 3 rings (SSSR count). The number of phenolic OH excluding ortho intramolecular Hbond substituents is 1. The Kier molecular flexibility index (Phi) is 6.55. The van der Waals surface area contributed by atoms with Gasteiger partial charge in [-0.3, -0.25) is 19.0 Å². The van der Waals surface area contributed by atoms with Gasteiger partial charge in [0.1, 0.15) is 0 Å². The summed E-state index contributed by atoms with van der Waals surface area (Å²) in [5.41, 5.74) is 1.34. The summed E-state index contributed by atoms with van der Waals surface area (Å²) in [5, 5.41) is 22.3. The van der Waals surface area contributed by atoms with E-state index < -0.39 is 41.2 Å². The van der Waals surface area contributed by atoms with Crippen molar-refractivity contribution in [3.8, 4) is 5.75 Å². The fraction of sp³-hybridized carbons (Fsp3) is 0.261. The van der Waals surface area contributed by atoms with E-state index in [4.69, 9.17) is 16.7 Å². The summed E-state index contributed by atoms with van der Waals surface area (Å²) in [4.78, 5) is 37.0. The summed E-state index contributed by atoms with van der Waals surface area (Å²) in [7, 11) is 0. The van der Waals surface area contributed by atoms with Crippen molar-refractivity contribution in [2.45, 2.75) is 26.7 Å². The van der Waals surface area contributed by atoms with Crippen LogP contribution in [0, 0.1) is 18.7 Å². The molecule has 1 heterocycles. The Bertz CT molecular complexity index is 1220. The fourth-order valence-corrected chi connectivity index (χ4v) is 3.73. The van der Waals surface area contributed by atoms with Crippen LogP contribution < -0.4 is 5.32 Å². The summed E-state index contributed by atoms with van der Waals surface area (Å²) < 4.78 is 15.5. The Morgan fingerprint density at radius 1 is 1.16 bits per heavy atom. The van der Waals surface area contributed by atoms with E-state index in [0.717, 1.165) is 6.07 Å². The molecule has 0 saturated heterocycles. The number of benzene rings is 2. The van der Waals surface area contributed by atoms with Gasteiger partial charge < -0.3 is 15.5 Å². The lowest BCUT2D eigenvalue weighted by molar-refractivity contribution is -0.141. The fourth-order valence-electron chi connectivity index (χ4n) is 3.60. The van der Waals surface area contributed by atoms with Crippen LogP contribution in [0.1, 0.15) is 41.4 Å². The van der Waals surface area contributed by atoms with Crippen molar-refractivity contribution in [3.05, 3.63) is 64.1 Å². The summed E-state index contributed by atoms with van der Waals surface area (Å²) in [5.74, 6) is -5.04. The van der Waals surface area contributed by atoms with Crippen LogP contribution in [0.15, 0.2) is 36.4 Å². The number of aromatic hydroxyl groups is 1. The number of carboxylic acids is 1. The zero-order chi connectivity index (χ0) is 23.7. The van der Waals surface area contributed by atoms with Crippen LogP contribution in [0.2, 0.25) is 5.02 Å². The van der Waals surface area contributed by atoms with Gasteiger partial charge in [-0.05, 0) is 49.7 Å². The molecule has 0 fully saturated rings. The third kappa shape index (κ3) is 4.31. The molecular formula is C23H22ClFN2O5. The molecule has 0 bridgehead atoms. The van der Waals surface area contributed by atoms with Crippen molar-refractivity contribution in [1.82, 2.24) is 9.88 Å². The standard InChI is InChI=1S/C23H22ClFN2O5/c1-11(23(31)32)10-26-21(29)12(2)20-13(3)27(18-9-17(25)19(28)8-16(18)20)22(30)14-4-6-15(24)7-5-14/h4-9,11-12,28H,10H2,1-3H3,(H,26,29)(H,31,32)/t11?,12-/m0/s1. The molecule has 1 amide bonds. The van der Waals surface area contributed by atoms with Gasteiger partial charge in [0.05, 0.1) is 17.4 Å². The Morgan fingerprint density at radius 2 is 1.78 bits per heavy atom. The molecule has 0 aliphatic carbocycles. The monoisotopic (exact) mass is 460 g/mol. The highest BCUT2D eigenvalue weighted by Crippen LogP contribution is 2.36. The van der Waals surface area contributed by atoms with Gasteiger partial charge in [0.15, 0.2) is 11.6 Å². The molecule has 2 aromatic carbocycles. The van der Waals surface area contributed by atoms with E-state index in [1.54, 1.807) is 26.0 Å². The van der Waals surface area contributed by atoms with Crippen LogP contribution in [-0.4, -0.2) is 39.1 Å². The number of amides is 1. The minimum absolute atomic E-state index is 0.0697. The lowest BCUT2D eigenvalue weighted by atomic mass is 9.96. The maximum absolute atomic E-state index is 14.2. The first kappa shape index (κ1) is 23.3. The SMILES string of the molecule is Cc1c([C@H](C)C(=O)NCC(C)C(=O)O)c2cc(O)c(F)cc2n1C(=O)c1ccc(Cl)cc1. The second-order valence-electron chi connectivity index (χ2n) is 7.67. The van der Waals surface area contributed by atoms with Crippen LogP contribution >= 0.6 is 11.6 Å². The quantitative estimate of drug-likeness (QED) is 0.513. The topological polar surface area (TPSA) is 109 Å². The largest absolute Gasteiger partial charge is 0.505 e. The van der Waals surface area contributed by atoms with Gasteiger partial charge in [0.2, 0.25) is 5.91 Å². The zero-order valence-electron chi connectivity index (χ0n) is 17.6. The first-order valence-corrected chi connectivity index (χ1v) is 10.2. The van der Waals surface area contributed by atoms with Crippen molar-refractivity contribution in [2.75, 3.05) is 6.54 Å². The Labute approximate surface area is 188 Å². The van der Waals surface area contributed by atoms with E-state index in [-0.39, 0.29) is 12.1 Å². The number of carboxylic acid groups (broad SMARTS) is 1. The third-order valence-corrected chi connectivity index (χ3v) is 5.70. The molecule has 0 aliphatic rings. The number of hydrogen-bond donors (Lipinski definition) is 3. The molecule has 2 atom stereocenters. The molecule has 0 radical (unpaired) electrons. The van der Waals surface area contributed by atoms with Crippen LogP contribution in [-0.2, 0) is 9.59 Å². The van der Waals surface area contributed by atoms with Crippen molar-refractivity contribution in [2.24, 2.45) is 5.92 Å². The third-order valence-electron chi connectivity index (χ3n) is 5.45. The molecule has 1 unspecified atom stereocenters. The minimum atomic E-state index is -1.04. The second kappa shape index (κ2) is 9.00. The highest BCUT2D eigenvalue weighted by atomic mass is 35.5. The number of aromatic nitrogens is 1. The van der Waals surface area contributed by atoms with Crippen molar-refractivity contribution in [1.29, 1.82) is 0 Å². The average molecular weight is 461 g/mol. The maximum atomic E-state index is 14.2. The first-order valence-electron chi connectivity index (χ1n) is 9.87. The smallest absolute Gasteiger partial charge is 0.308 e. The Morgan fingerprint density at radius 3 is 2.38 bits per heavy atom. The molecule has 0 aliphatic heterocycles. The number of fused-ring (bicyclic) bond motifs is 1.